The minimum absolute atomic E-state index is 0.0599. The molecule has 3 amide bonds. The van der Waals surface area contributed by atoms with Crippen LogP contribution in [0.1, 0.15) is 68.1 Å². The van der Waals surface area contributed by atoms with E-state index in [1.165, 1.54) is 34.6 Å². The van der Waals surface area contributed by atoms with Crippen LogP contribution < -0.4 is 10.7 Å². The summed E-state index contributed by atoms with van der Waals surface area (Å²) in [6, 6.07) is 6.11. The average Bonchev–Trinajstić information content (AvgIpc) is 3.09. The van der Waals surface area contributed by atoms with E-state index in [0.29, 0.717) is 31.6 Å². The molecule has 3 unspecified atom stereocenters. The molecule has 4 rings (SSSR count). The van der Waals surface area contributed by atoms with Crippen LogP contribution in [0.5, 0.6) is 0 Å². The number of carbonyl (C=O) groups excluding carboxylic acids is 2. The molecule has 0 bridgehead atoms. The van der Waals surface area contributed by atoms with Crippen LogP contribution in [0.3, 0.4) is 0 Å². The molecule has 13 nitrogen and oxygen atoms in total. The SMILES string of the molecule is O=C(O)CC(/C=N/OCCC1=CCCCC1)NC(O)[C@@H]1CCCN2C(O)CCN(NC(=O)c3ccccc3)C(=O)N12. The van der Waals surface area contributed by atoms with Gasteiger partial charge >= 0.3 is 12.0 Å². The highest BCUT2D eigenvalue weighted by Gasteiger charge is 2.44. The lowest BCUT2D eigenvalue weighted by atomic mass is 9.98. The van der Waals surface area contributed by atoms with Crippen molar-refractivity contribution in [1.29, 1.82) is 0 Å². The number of carboxylic acids is 1. The Morgan fingerprint density at radius 1 is 1.15 bits per heavy atom. The van der Waals surface area contributed by atoms with E-state index in [0.717, 1.165) is 24.3 Å². The van der Waals surface area contributed by atoms with Crippen LogP contribution in [-0.2, 0) is 9.63 Å². The second-order valence-electron chi connectivity index (χ2n) is 10.5. The van der Waals surface area contributed by atoms with Crippen LogP contribution in [0.15, 0.2) is 47.1 Å². The van der Waals surface area contributed by atoms with Crippen LogP contribution in [0.4, 0.5) is 4.79 Å². The van der Waals surface area contributed by atoms with Gasteiger partial charge in [0.05, 0.1) is 24.7 Å². The monoisotopic (exact) mass is 572 g/mol. The summed E-state index contributed by atoms with van der Waals surface area (Å²) >= 11 is 0. The Morgan fingerprint density at radius 2 is 1.95 bits per heavy atom. The lowest BCUT2D eigenvalue weighted by molar-refractivity contribution is -0.167. The van der Waals surface area contributed by atoms with Gasteiger partial charge in [0.1, 0.15) is 19.1 Å². The number of aliphatic hydroxyl groups is 2. The maximum Gasteiger partial charge on any atom is 0.353 e. The van der Waals surface area contributed by atoms with E-state index in [1.807, 2.05) is 0 Å². The predicted molar refractivity (Wildman–Crippen MR) is 149 cm³/mol. The van der Waals surface area contributed by atoms with Crippen molar-refractivity contribution in [3.63, 3.8) is 0 Å². The number of hydrogen-bond donors (Lipinski definition) is 5. The number of aliphatic hydroxyl groups excluding tert-OH is 2. The van der Waals surface area contributed by atoms with E-state index in [9.17, 15) is 29.7 Å². The summed E-state index contributed by atoms with van der Waals surface area (Å²) in [4.78, 5) is 43.3. The molecule has 2 aliphatic heterocycles. The number of aliphatic carboxylic acids is 1. The molecule has 4 atom stereocenters. The Hall–Kier alpha value is -3.52. The third-order valence-corrected chi connectivity index (χ3v) is 7.49. The van der Waals surface area contributed by atoms with E-state index in [-0.39, 0.29) is 19.4 Å². The van der Waals surface area contributed by atoms with Crippen LogP contribution in [0, 0.1) is 0 Å². The lowest BCUT2D eigenvalue weighted by Gasteiger charge is -2.46. The zero-order valence-electron chi connectivity index (χ0n) is 23.1. The van der Waals surface area contributed by atoms with Gasteiger partial charge in [-0.3, -0.25) is 20.3 Å². The standard InChI is InChI=1S/C28H40N6O7/c35-24-13-16-32(31-26(38)21-10-5-2-6-11-21)28(40)34-23(12-7-15-33(24)34)27(39)30-22(18-25(36)37)19-29-41-17-14-20-8-3-1-4-9-20/h2,5-6,8,10-11,19,22-24,27,30,35,39H,1,3-4,7,9,12-18H2,(H,31,38)(H,36,37)/b29-19+/t22?,23-,24?,27?/m0/s1. The van der Waals surface area contributed by atoms with Crippen LogP contribution in [-0.4, -0.2) is 98.7 Å². The van der Waals surface area contributed by atoms with Gasteiger partial charge in [-0.25, -0.2) is 14.8 Å². The summed E-state index contributed by atoms with van der Waals surface area (Å²) in [7, 11) is 0. The second kappa shape index (κ2) is 14.9. The van der Waals surface area contributed by atoms with Crippen LogP contribution in [0.25, 0.3) is 0 Å². The Morgan fingerprint density at radius 3 is 2.68 bits per heavy atom. The number of carboxylic acid groups (broad SMARTS) is 1. The molecule has 2 fully saturated rings. The average molecular weight is 573 g/mol. The van der Waals surface area contributed by atoms with E-state index >= 15 is 0 Å². The maximum atomic E-state index is 13.6. The first-order valence-corrected chi connectivity index (χ1v) is 14.2. The smallest absolute Gasteiger partial charge is 0.353 e. The molecule has 1 aromatic rings. The highest BCUT2D eigenvalue weighted by Crippen LogP contribution is 2.27. The Balaban J connectivity index is 1.41. The second-order valence-corrected chi connectivity index (χ2v) is 10.5. The first kappa shape index (κ1) is 30.4. The van der Waals surface area contributed by atoms with Gasteiger partial charge in [-0.1, -0.05) is 35.0 Å². The summed E-state index contributed by atoms with van der Waals surface area (Å²) in [6.07, 6.45) is 7.18. The van der Waals surface area contributed by atoms with Gasteiger partial charge in [-0.05, 0) is 50.7 Å². The normalized spacial score (nSPS) is 23.4. The largest absolute Gasteiger partial charge is 0.481 e. The number of rotatable bonds is 12. The molecule has 1 aliphatic carbocycles. The lowest BCUT2D eigenvalue weighted by Crippen LogP contribution is -2.66. The number of hydrazine groups is 2. The first-order chi connectivity index (χ1) is 19.8. The number of nitrogens with one attached hydrogen (secondary N) is 2. The highest BCUT2D eigenvalue weighted by molar-refractivity contribution is 5.95. The summed E-state index contributed by atoms with van der Waals surface area (Å²) in [5, 5.41) is 42.1. The molecule has 2 heterocycles. The number of fused-ring (bicyclic) bond motifs is 1. The van der Waals surface area contributed by atoms with Crippen molar-refractivity contribution in [2.24, 2.45) is 5.16 Å². The molecule has 2 saturated heterocycles. The molecule has 224 valence electrons. The Labute approximate surface area is 239 Å². The molecule has 41 heavy (non-hydrogen) atoms. The molecule has 0 aromatic heterocycles. The van der Waals surface area contributed by atoms with Gasteiger partial charge < -0.3 is 20.2 Å². The van der Waals surface area contributed by atoms with Crippen molar-refractivity contribution in [3.8, 4) is 0 Å². The number of benzene rings is 1. The van der Waals surface area contributed by atoms with E-state index < -0.39 is 42.4 Å². The van der Waals surface area contributed by atoms with E-state index in [4.69, 9.17) is 4.84 Å². The topological polar surface area (TPSA) is 167 Å². The van der Waals surface area contributed by atoms with Gasteiger partial charge in [0, 0.05) is 31.5 Å². The van der Waals surface area contributed by atoms with Gasteiger partial charge in [-0.2, -0.15) is 5.01 Å². The molecule has 0 saturated carbocycles. The zero-order valence-corrected chi connectivity index (χ0v) is 23.1. The molecule has 0 radical (unpaired) electrons. The molecule has 1 aromatic carbocycles. The molecular weight excluding hydrogens is 532 g/mol. The number of amides is 3. The number of nitrogens with zero attached hydrogens (tertiary/aromatic N) is 4. The van der Waals surface area contributed by atoms with Crippen molar-refractivity contribution in [3.05, 3.63) is 47.5 Å². The summed E-state index contributed by atoms with van der Waals surface area (Å²) < 4.78 is 0. The predicted octanol–water partition coefficient (Wildman–Crippen LogP) is 1.80. The number of allylic oxidation sites excluding steroid dienone is 1. The molecule has 3 aliphatic rings. The van der Waals surface area contributed by atoms with Crippen molar-refractivity contribution >= 4 is 24.1 Å². The van der Waals surface area contributed by atoms with Crippen LogP contribution >= 0.6 is 0 Å². The Kier molecular flexibility index (Phi) is 11.1. The highest BCUT2D eigenvalue weighted by atomic mass is 16.6. The summed E-state index contributed by atoms with van der Waals surface area (Å²) in [5.74, 6) is -1.58. The molecule has 5 N–H and O–H groups in total. The fraction of sp³-hybridized carbons (Fsp3) is 0.571. The van der Waals surface area contributed by atoms with Gasteiger partial charge in [0.15, 0.2) is 0 Å². The quantitative estimate of drug-likeness (QED) is 0.0825. The van der Waals surface area contributed by atoms with Crippen molar-refractivity contribution in [2.45, 2.75) is 82.3 Å². The number of hydrogen-bond acceptors (Lipinski definition) is 9. The van der Waals surface area contributed by atoms with E-state index in [2.05, 4.69) is 22.0 Å². The van der Waals surface area contributed by atoms with Crippen molar-refractivity contribution in [2.75, 3.05) is 19.7 Å². The summed E-state index contributed by atoms with van der Waals surface area (Å²) in [5.41, 5.74) is 4.32. The number of urea groups is 1. The third kappa shape index (κ3) is 8.49. The Bertz CT molecular complexity index is 1100. The van der Waals surface area contributed by atoms with Gasteiger partial charge in [-0.15, -0.1) is 0 Å². The van der Waals surface area contributed by atoms with Crippen LogP contribution in [0.2, 0.25) is 0 Å². The molecular formula is C28H40N6O7. The van der Waals surface area contributed by atoms with E-state index in [1.54, 1.807) is 30.3 Å². The number of oxime groups is 1. The van der Waals surface area contributed by atoms with Crippen molar-refractivity contribution < 1.29 is 34.5 Å². The minimum Gasteiger partial charge on any atom is -0.481 e. The fourth-order valence-electron chi connectivity index (χ4n) is 5.36. The first-order valence-electron chi connectivity index (χ1n) is 14.2. The minimum atomic E-state index is -1.36. The molecule has 0 spiro atoms. The number of carbonyl (C=O) groups is 3. The maximum absolute atomic E-state index is 13.6. The van der Waals surface area contributed by atoms with Gasteiger partial charge in [0.2, 0.25) is 0 Å². The van der Waals surface area contributed by atoms with Gasteiger partial charge in [0.25, 0.3) is 5.91 Å². The third-order valence-electron chi connectivity index (χ3n) is 7.49. The zero-order chi connectivity index (χ0) is 29.2. The fourth-order valence-corrected chi connectivity index (χ4v) is 5.36. The molecule has 13 heteroatoms. The van der Waals surface area contributed by atoms with Crippen molar-refractivity contribution in [1.82, 2.24) is 25.8 Å². The summed E-state index contributed by atoms with van der Waals surface area (Å²) in [6.45, 7) is 0.804.